The van der Waals surface area contributed by atoms with Crippen LogP contribution in [0.25, 0.3) is 10.9 Å². The Morgan fingerprint density at radius 2 is 2.30 bits per heavy atom. The summed E-state index contributed by atoms with van der Waals surface area (Å²) in [6, 6.07) is 6.81. The topological polar surface area (TPSA) is 36.1 Å². The third-order valence-corrected chi connectivity index (χ3v) is 4.20. The number of nitrogens with zero attached hydrogens (tertiary/aromatic N) is 1. The second kappa shape index (κ2) is 5.27. The van der Waals surface area contributed by atoms with Crippen LogP contribution in [0.3, 0.4) is 0 Å². The summed E-state index contributed by atoms with van der Waals surface area (Å²) in [5, 5.41) is 0.487. The molecule has 3 nitrogen and oxygen atoms in total. The zero-order valence-electron chi connectivity index (χ0n) is 11.7. The fourth-order valence-electron chi connectivity index (χ4n) is 3.08. The van der Waals surface area contributed by atoms with Crippen molar-refractivity contribution in [2.24, 2.45) is 0 Å². The Balaban J connectivity index is 1.93. The number of fused-ring (bicyclic) bond motifs is 1. The lowest BCUT2D eigenvalue weighted by Gasteiger charge is -2.35. The number of nitrogens with one attached hydrogen (secondary N) is 1. The molecule has 3 rings (SSSR count). The quantitative estimate of drug-likeness (QED) is 0.890. The summed E-state index contributed by atoms with van der Waals surface area (Å²) in [5.41, 5.74) is 1.17. The van der Waals surface area contributed by atoms with Gasteiger partial charge < -0.3 is 9.88 Å². The number of hydrogen-bond donors (Lipinski definition) is 1. The van der Waals surface area contributed by atoms with Gasteiger partial charge in [-0.3, -0.25) is 4.79 Å². The predicted octanol–water partition coefficient (Wildman–Crippen LogP) is 3.71. The standard InChI is InChI=1S/C16H19FN2O/c1-2-11-6-3-4-9-19(11)16(20)15-10-12-13(17)7-5-8-14(12)18-15/h5,7-8,10-11,18H,2-4,6,9H2,1H3. The maximum absolute atomic E-state index is 13.7. The van der Waals surface area contributed by atoms with Crippen molar-refractivity contribution in [1.82, 2.24) is 9.88 Å². The van der Waals surface area contributed by atoms with E-state index in [2.05, 4.69) is 11.9 Å². The monoisotopic (exact) mass is 274 g/mol. The number of aromatic amines is 1. The van der Waals surface area contributed by atoms with Crippen LogP contribution in [0.15, 0.2) is 24.3 Å². The fourth-order valence-corrected chi connectivity index (χ4v) is 3.08. The Morgan fingerprint density at radius 3 is 3.05 bits per heavy atom. The number of H-pyrrole nitrogens is 1. The average molecular weight is 274 g/mol. The summed E-state index contributed by atoms with van der Waals surface area (Å²) in [6.45, 7) is 2.91. The van der Waals surface area contributed by atoms with E-state index in [4.69, 9.17) is 0 Å². The summed E-state index contributed by atoms with van der Waals surface area (Å²) in [4.78, 5) is 17.6. The number of carbonyl (C=O) groups is 1. The molecule has 0 aliphatic carbocycles. The van der Waals surface area contributed by atoms with Crippen molar-refractivity contribution in [2.45, 2.75) is 38.6 Å². The van der Waals surface area contributed by atoms with Gasteiger partial charge in [0.25, 0.3) is 5.91 Å². The SMILES string of the molecule is CCC1CCCCN1C(=O)c1cc2c(F)cccc2[nH]1. The first-order chi connectivity index (χ1) is 9.70. The normalized spacial score (nSPS) is 19.5. The zero-order valence-corrected chi connectivity index (χ0v) is 11.7. The molecular formula is C16H19FN2O. The van der Waals surface area contributed by atoms with E-state index >= 15 is 0 Å². The first kappa shape index (κ1) is 13.2. The number of hydrogen-bond acceptors (Lipinski definition) is 1. The summed E-state index contributed by atoms with van der Waals surface area (Å²) in [7, 11) is 0. The number of rotatable bonds is 2. The minimum absolute atomic E-state index is 0.00727. The van der Waals surface area contributed by atoms with Gasteiger partial charge in [-0.05, 0) is 43.9 Å². The molecule has 0 spiro atoms. The predicted molar refractivity (Wildman–Crippen MR) is 77.2 cm³/mol. The molecule has 2 aromatic rings. The molecule has 106 valence electrons. The molecule has 2 heterocycles. The van der Waals surface area contributed by atoms with Crippen molar-refractivity contribution in [1.29, 1.82) is 0 Å². The highest BCUT2D eigenvalue weighted by atomic mass is 19.1. The van der Waals surface area contributed by atoms with E-state index in [0.717, 1.165) is 25.8 Å². The van der Waals surface area contributed by atoms with Gasteiger partial charge in [-0.1, -0.05) is 13.0 Å². The van der Waals surface area contributed by atoms with Gasteiger partial charge in [0, 0.05) is 23.5 Å². The van der Waals surface area contributed by atoms with Gasteiger partial charge in [0.2, 0.25) is 0 Å². The van der Waals surface area contributed by atoms with Gasteiger partial charge in [-0.25, -0.2) is 4.39 Å². The van der Waals surface area contributed by atoms with Gasteiger partial charge in [-0.15, -0.1) is 0 Å². The van der Waals surface area contributed by atoms with Crippen LogP contribution in [0, 0.1) is 5.82 Å². The minimum atomic E-state index is -0.288. The molecule has 0 radical (unpaired) electrons. The number of piperidine rings is 1. The second-order valence-corrected chi connectivity index (χ2v) is 5.44. The van der Waals surface area contributed by atoms with Gasteiger partial charge in [0.1, 0.15) is 11.5 Å². The molecule has 0 saturated carbocycles. The van der Waals surface area contributed by atoms with E-state index in [0.29, 0.717) is 22.6 Å². The van der Waals surface area contributed by atoms with Gasteiger partial charge in [-0.2, -0.15) is 0 Å². The van der Waals surface area contributed by atoms with Crippen molar-refractivity contribution < 1.29 is 9.18 Å². The lowest BCUT2D eigenvalue weighted by Crippen LogP contribution is -2.43. The summed E-state index contributed by atoms with van der Waals surface area (Å²) < 4.78 is 13.7. The Morgan fingerprint density at radius 1 is 1.45 bits per heavy atom. The van der Waals surface area contributed by atoms with Crippen molar-refractivity contribution in [3.63, 3.8) is 0 Å². The van der Waals surface area contributed by atoms with Crippen molar-refractivity contribution >= 4 is 16.8 Å². The molecule has 1 aromatic heterocycles. The Kier molecular flexibility index (Phi) is 3.47. The number of carbonyl (C=O) groups excluding carboxylic acids is 1. The summed E-state index contributed by atoms with van der Waals surface area (Å²) in [6.07, 6.45) is 4.28. The molecule has 1 aliphatic rings. The van der Waals surface area contributed by atoms with Crippen molar-refractivity contribution in [3.05, 3.63) is 35.8 Å². The second-order valence-electron chi connectivity index (χ2n) is 5.44. The molecule has 1 unspecified atom stereocenters. The van der Waals surface area contributed by atoms with Crippen LogP contribution in [0.2, 0.25) is 0 Å². The van der Waals surface area contributed by atoms with Crippen LogP contribution >= 0.6 is 0 Å². The molecule has 4 heteroatoms. The van der Waals surface area contributed by atoms with Crippen LogP contribution in [-0.4, -0.2) is 28.4 Å². The molecule has 1 N–H and O–H groups in total. The Hall–Kier alpha value is -1.84. The number of halogens is 1. The zero-order chi connectivity index (χ0) is 14.1. The van der Waals surface area contributed by atoms with Crippen molar-refractivity contribution in [2.75, 3.05) is 6.54 Å². The molecule has 1 aliphatic heterocycles. The fraction of sp³-hybridized carbons (Fsp3) is 0.438. The van der Waals surface area contributed by atoms with Gasteiger partial charge in [0.05, 0.1) is 0 Å². The van der Waals surface area contributed by atoms with E-state index in [1.54, 1.807) is 18.2 Å². The molecule has 1 saturated heterocycles. The summed E-state index contributed by atoms with van der Waals surface area (Å²) >= 11 is 0. The van der Waals surface area contributed by atoms with Crippen molar-refractivity contribution in [3.8, 4) is 0 Å². The number of amides is 1. The molecule has 20 heavy (non-hydrogen) atoms. The third kappa shape index (κ3) is 2.19. The van der Waals surface area contributed by atoms with E-state index in [1.807, 2.05) is 4.90 Å². The van der Waals surface area contributed by atoms with E-state index < -0.39 is 0 Å². The first-order valence-electron chi connectivity index (χ1n) is 7.29. The highest BCUT2D eigenvalue weighted by Crippen LogP contribution is 2.24. The molecular weight excluding hydrogens is 255 g/mol. The van der Waals surface area contributed by atoms with Crippen LogP contribution in [-0.2, 0) is 0 Å². The lowest BCUT2D eigenvalue weighted by molar-refractivity contribution is 0.0603. The highest BCUT2D eigenvalue weighted by Gasteiger charge is 2.27. The molecule has 1 amide bonds. The van der Waals surface area contributed by atoms with Gasteiger partial charge in [0.15, 0.2) is 0 Å². The molecule has 1 atom stereocenters. The molecule has 0 bridgehead atoms. The van der Waals surface area contributed by atoms with E-state index in [-0.39, 0.29) is 11.7 Å². The third-order valence-electron chi connectivity index (χ3n) is 4.20. The Labute approximate surface area is 117 Å². The molecule has 1 aromatic carbocycles. The highest BCUT2D eigenvalue weighted by molar-refractivity contribution is 5.98. The Bertz CT molecular complexity index is 634. The average Bonchev–Trinajstić information content (AvgIpc) is 2.92. The minimum Gasteiger partial charge on any atom is -0.350 e. The molecule has 1 fully saturated rings. The smallest absolute Gasteiger partial charge is 0.270 e. The largest absolute Gasteiger partial charge is 0.350 e. The maximum Gasteiger partial charge on any atom is 0.270 e. The number of aromatic nitrogens is 1. The van der Waals surface area contributed by atoms with Crippen LogP contribution in [0.5, 0.6) is 0 Å². The van der Waals surface area contributed by atoms with Crippen LogP contribution in [0.4, 0.5) is 4.39 Å². The van der Waals surface area contributed by atoms with Crippen LogP contribution in [0.1, 0.15) is 43.1 Å². The van der Waals surface area contributed by atoms with E-state index in [1.165, 1.54) is 12.5 Å². The summed E-state index contributed by atoms with van der Waals surface area (Å²) in [5.74, 6) is -0.296. The van der Waals surface area contributed by atoms with Gasteiger partial charge >= 0.3 is 0 Å². The number of benzene rings is 1. The maximum atomic E-state index is 13.7. The first-order valence-corrected chi connectivity index (χ1v) is 7.29. The van der Waals surface area contributed by atoms with E-state index in [9.17, 15) is 9.18 Å². The lowest BCUT2D eigenvalue weighted by atomic mass is 9.99. The number of likely N-dealkylation sites (tertiary alicyclic amines) is 1. The van der Waals surface area contributed by atoms with Crippen LogP contribution < -0.4 is 0 Å².